The fourth-order valence-electron chi connectivity index (χ4n) is 2.41. The Labute approximate surface area is 99.6 Å². The van der Waals surface area contributed by atoms with Gasteiger partial charge in [-0.05, 0) is 36.2 Å². The van der Waals surface area contributed by atoms with Crippen molar-refractivity contribution in [3.63, 3.8) is 0 Å². The van der Waals surface area contributed by atoms with Crippen LogP contribution in [0.3, 0.4) is 0 Å². The van der Waals surface area contributed by atoms with Gasteiger partial charge in [0.1, 0.15) is 5.83 Å². The van der Waals surface area contributed by atoms with Crippen molar-refractivity contribution in [3.05, 3.63) is 23.0 Å². The summed E-state index contributed by atoms with van der Waals surface area (Å²) in [5.41, 5.74) is 2.34. The fraction of sp³-hybridized carbons (Fsp3) is 0.733. The lowest BCUT2D eigenvalue weighted by Crippen LogP contribution is -1.99. The van der Waals surface area contributed by atoms with Crippen LogP contribution in [0.25, 0.3) is 0 Å². The minimum absolute atomic E-state index is 0.131. The first-order valence-corrected chi connectivity index (χ1v) is 6.49. The van der Waals surface area contributed by atoms with Crippen molar-refractivity contribution in [2.45, 2.75) is 53.9 Å². The zero-order valence-electron chi connectivity index (χ0n) is 11.3. The van der Waals surface area contributed by atoms with Gasteiger partial charge in [0, 0.05) is 6.42 Å². The first kappa shape index (κ1) is 13.5. The van der Waals surface area contributed by atoms with Crippen molar-refractivity contribution in [2.75, 3.05) is 0 Å². The predicted octanol–water partition coefficient (Wildman–Crippen LogP) is 5.27. The average Bonchev–Trinajstić information content (AvgIpc) is 2.26. The van der Waals surface area contributed by atoms with Crippen molar-refractivity contribution in [2.24, 2.45) is 17.8 Å². The summed E-state index contributed by atoms with van der Waals surface area (Å²) in [6.07, 6.45) is 4.82. The highest BCUT2D eigenvalue weighted by Crippen LogP contribution is 2.35. The van der Waals surface area contributed by atoms with Gasteiger partial charge < -0.3 is 0 Å². The molecule has 0 nitrogen and oxygen atoms in total. The molecule has 0 saturated heterocycles. The largest absolute Gasteiger partial charge is 0.212 e. The maximum atomic E-state index is 14.1. The topological polar surface area (TPSA) is 0 Å². The van der Waals surface area contributed by atoms with Crippen LogP contribution in [0.4, 0.5) is 4.39 Å². The summed E-state index contributed by atoms with van der Waals surface area (Å²) < 4.78 is 14.1. The molecule has 1 aliphatic carbocycles. The Morgan fingerprint density at radius 1 is 1.25 bits per heavy atom. The van der Waals surface area contributed by atoms with Gasteiger partial charge in [-0.2, -0.15) is 0 Å². The molecule has 0 aromatic rings. The van der Waals surface area contributed by atoms with Gasteiger partial charge in [-0.15, -0.1) is 0 Å². The Morgan fingerprint density at radius 3 is 2.38 bits per heavy atom. The standard InChI is InChI=1S/C15H25F/c1-10(2)8-13-9-15(16)14(11(3)4)7-6-12(13)5/h8,10-12H,6-7,9H2,1-5H3/b13-8+. The van der Waals surface area contributed by atoms with Gasteiger partial charge in [-0.3, -0.25) is 0 Å². The molecule has 0 N–H and O–H groups in total. The smallest absolute Gasteiger partial charge is 0.103 e. The zero-order chi connectivity index (χ0) is 12.3. The summed E-state index contributed by atoms with van der Waals surface area (Å²) >= 11 is 0. The second kappa shape index (κ2) is 5.65. The molecular formula is C15H25F. The molecule has 0 fully saturated rings. The molecule has 0 radical (unpaired) electrons. The van der Waals surface area contributed by atoms with Crippen LogP contribution in [0.15, 0.2) is 23.0 Å². The molecule has 0 bridgehead atoms. The number of hydrogen-bond donors (Lipinski definition) is 0. The Kier molecular flexibility index (Phi) is 4.76. The van der Waals surface area contributed by atoms with E-state index in [2.05, 4.69) is 40.7 Å². The van der Waals surface area contributed by atoms with Gasteiger partial charge in [0.25, 0.3) is 0 Å². The van der Waals surface area contributed by atoms with E-state index in [1.54, 1.807) is 0 Å². The van der Waals surface area contributed by atoms with E-state index in [9.17, 15) is 4.39 Å². The van der Waals surface area contributed by atoms with Crippen LogP contribution in [0.5, 0.6) is 0 Å². The van der Waals surface area contributed by atoms with E-state index in [-0.39, 0.29) is 5.83 Å². The summed E-state index contributed by atoms with van der Waals surface area (Å²) in [4.78, 5) is 0. The van der Waals surface area contributed by atoms with Crippen molar-refractivity contribution in [1.82, 2.24) is 0 Å². The van der Waals surface area contributed by atoms with E-state index in [0.717, 1.165) is 18.4 Å². The molecule has 0 amide bonds. The van der Waals surface area contributed by atoms with Gasteiger partial charge in [-0.1, -0.05) is 46.3 Å². The highest BCUT2D eigenvalue weighted by Gasteiger charge is 2.21. The van der Waals surface area contributed by atoms with Crippen LogP contribution in [0.2, 0.25) is 0 Å². The van der Waals surface area contributed by atoms with Gasteiger partial charge in [0.15, 0.2) is 0 Å². The zero-order valence-corrected chi connectivity index (χ0v) is 11.3. The maximum Gasteiger partial charge on any atom is 0.103 e. The summed E-state index contributed by atoms with van der Waals surface area (Å²) in [6.45, 7) is 10.7. The van der Waals surface area contributed by atoms with Gasteiger partial charge in [0.2, 0.25) is 0 Å². The molecule has 0 spiro atoms. The molecule has 0 aliphatic heterocycles. The Hall–Kier alpha value is -0.590. The van der Waals surface area contributed by atoms with Crippen molar-refractivity contribution in [3.8, 4) is 0 Å². The second-order valence-corrected chi connectivity index (χ2v) is 5.69. The molecule has 0 aromatic heterocycles. The van der Waals surface area contributed by atoms with E-state index in [1.807, 2.05) is 0 Å². The molecule has 0 aromatic carbocycles. The lowest BCUT2D eigenvalue weighted by Gasteiger charge is -2.13. The monoisotopic (exact) mass is 224 g/mol. The molecule has 1 rings (SSSR count). The highest BCUT2D eigenvalue weighted by molar-refractivity contribution is 5.23. The minimum atomic E-state index is 0.131. The van der Waals surface area contributed by atoms with Crippen LogP contribution in [-0.4, -0.2) is 0 Å². The van der Waals surface area contributed by atoms with Crippen LogP contribution < -0.4 is 0 Å². The molecule has 1 atom stereocenters. The Balaban J connectivity index is 2.93. The van der Waals surface area contributed by atoms with E-state index >= 15 is 0 Å². The van der Waals surface area contributed by atoms with Crippen LogP contribution in [0.1, 0.15) is 53.9 Å². The molecule has 0 heterocycles. The lowest BCUT2D eigenvalue weighted by molar-refractivity contribution is 0.564. The van der Waals surface area contributed by atoms with Crippen molar-refractivity contribution < 1.29 is 4.39 Å². The normalized spacial score (nSPS) is 25.8. The highest BCUT2D eigenvalue weighted by atomic mass is 19.1. The molecule has 1 heteroatoms. The second-order valence-electron chi connectivity index (χ2n) is 5.69. The van der Waals surface area contributed by atoms with E-state index in [4.69, 9.17) is 0 Å². The molecule has 1 unspecified atom stereocenters. The minimum Gasteiger partial charge on any atom is -0.212 e. The Morgan fingerprint density at radius 2 is 1.88 bits per heavy atom. The van der Waals surface area contributed by atoms with Gasteiger partial charge >= 0.3 is 0 Å². The van der Waals surface area contributed by atoms with Crippen LogP contribution >= 0.6 is 0 Å². The quantitative estimate of drug-likeness (QED) is 0.561. The third-order valence-electron chi connectivity index (χ3n) is 3.43. The molecule has 16 heavy (non-hydrogen) atoms. The van der Waals surface area contributed by atoms with Crippen LogP contribution in [0, 0.1) is 17.8 Å². The molecule has 1 aliphatic rings. The SMILES string of the molecule is CC(C)/C=C1\CC(F)=C(C(C)C)CCC1C. The third kappa shape index (κ3) is 3.47. The fourth-order valence-corrected chi connectivity index (χ4v) is 2.41. The van der Waals surface area contributed by atoms with E-state index < -0.39 is 0 Å². The number of halogens is 1. The van der Waals surface area contributed by atoms with Gasteiger partial charge in [0.05, 0.1) is 0 Å². The third-order valence-corrected chi connectivity index (χ3v) is 3.43. The first-order valence-electron chi connectivity index (χ1n) is 6.49. The van der Waals surface area contributed by atoms with Crippen molar-refractivity contribution in [1.29, 1.82) is 0 Å². The molecular weight excluding hydrogens is 199 g/mol. The van der Waals surface area contributed by atoms with E-state index in [1.165, 1.54) is 5.57 Å². The van der Waals surface area contributed by atoms with Crippen LogP contribution in [-0.2, 0) is 0 Å². The first-order chi connectivity index (χ1) is 7.41. The van der Waals surface area contributed by atoms with E-state index in [0.29, 0.717) is 24.2 Å². The summed E-state index contributed by atoms with van der Waals surface area (Å²) in [5.74, 6) is 1.53. The molecule has 0 saturated carbocycles. The summed E-state index contributed by atoms with van der Waals surface area (Å²) in [5, 5.41) is 0. The predicted molar refractivity (Wildman–Crippen MR) is 68.9 cm³/mol. The summed E-state index contributed by atoms with van der Waals surface area (Å²) in [6, 6.07) is 0. The number of allylic oxidation sites excluding steroid dienone is 4. The molecule has 92 valence electrons. The number of hydrogen-bond acceptors (Lipinski definition) is 0. The van der Waals surface area contributed by atoms with Gasteiger partial charge in [-0.25, -0.2) is 4.39 Å². The lowest BCUT2D eigenvalue weighted by atomic mass is 9.92. The summed E-state index contributed by atoms with van der Waals surface area (Å²) in [7, 11) is 0. The van der Waals surface area contributed by atoms with Crippen molar-refractivity contribution >= 4 is 0 Å². The maximum absolute atomic E-state index is 14.1. The number of rotatable bonds is 2. The average molecular weight is 224 g/mol. The Bertz CT molecular complexity index is 295.